The van der Waals surface area contributed by atoms with Crippen LogP contribution in [0.5, 0.6) is 0 Å². The molecule has 0 spiro atoms. The van der Waals surface area contributed by atoms with Gasteiger partial charge < -0.3 is 15.2 Å². The van der Waals surface area contributed by atoms with Crippen LogP contribution in [0.1, 0.15) is 34.1 Å². The molecule has 1 heterocycles. The SMILES string of the molecule is C[C@@]1(NC(=O)c2cccc(C(=O)O)c2)CCOC1. The van der Waals surface area contributed by atoms with Gasteiger partial charge in [-0.25, -0.2) is 4.79 Å². The van der Waals surface area contributed by atoms with Crippen LogP contribution in [0.25, 0.3) is 0 Å². The van der Waals surface area contributed by atoms with Crippen molar-refractivity contribution >= 4 is 11.9 Å². The summed E-state index contributed by atoms with van der Waals surface area (Å²) >= 11 is 0. The Labute approximate surface area is 105 Å². The number of nitrogens with one attached hydrogen (secondary N) is 1. The summed E-state index contributed by atoms with van der Waals surface area (Å²) in [5, 5.41) is 11.8. The molecule has 0 saturated carbocycles. The Bertz CT molecular complexity index is 478. The van der Waals surface area contributed by atoms with Gasteiger partial charge in [-0.15, -0.1) is 0 Å². The molecule has 0 aliphatic carbocycles. The molecule has 1 fully saturated rings. The maximum Gasteiger partial charge on any atom is 0.335 e. The van der Waals surface area contributed by atoms with Crippen LogP contribution < -0.4 is 5.32 Å². The Kier molecular flexibility index (Phi) is 3.34. The first kappa shape index (κ1) is 12.6. The summed E-state index contributed by atoms with van der Waals surface area (Å²) in [6, 6.07) is 5.99. The number of benzene rings is 1. The lowest BCUT2D eigenvalue weighted by atomic mass is 10.0. The third kappa shape index (κ3) is 2.68. The molecule has 2 rings (SSSR count). The minimum absolute atomic E-state index is 0.107. The maximum absolute atomic E-state index is 12.0. The van der Waals surface area contributed by atoms with Gasteiger partial charge in [-0.3, -0.25) is 4.79 Å². The quantitative estimate of drug-likeness (QED) is 0.846. The highest BCUT2D eigenvalue weighted by atomic mass is 16.5. The summed E-state index contributed by atoms with van der Waals surface area (Å²) < 4.78 is 5.25. The molecule has 0 radical (unpaired) electrons. The Hall–Kier alpha value is -1.88. The van der Waals surface area contributed by atoms with Crippen molar-refractivity contribution in [3.8, 4) is 0 Å². The molecule has 1 aromatic rings. The maximum atomic E-state index is 12.0. The van der Waals surface area contributed by atoms with Crippen LogP contribution in [0.15, 0.2) is 24.3 Å². The smallest absolute Gasteiger partial charge is 0.335 e. The van der Waals surface area contributed by atoms with Crippen LogP contribution in [0.2, 0.25) is 0 Å². The summed E-state index contributed by atoms with van der Waals surface area (Å²) in [4.78, 5) is 22.9. The van der Waals surface area contributed by atoms with Crippen LogP contribution in [0.4, 0.5) is 0 Å². The van der Waals surface area contributed by atoms with E-state index < -0.39 is 5.97 Å². The largest absolute Gasteiger partial charge is 0.478 e. The normalized spacial score (nSPS) is 22.7. The molecule has 18 heavy (non-hydrogen) atoms. The van der Waals surface area contributed by atoms with Crippen molar-refractivity contribution in [1.82, 2.24) is 5.32 Å². The fourth-order valence-electron chi connectivity index (χ4n) is 1.91. The summed E-state index contributed by atoms with van der Waals surface area (Å²) in [6.45, 7) is 3.03. The zero-order valence-electron chi connectivity index (χ0n) is 10.1. The van der Waals surface area contributed by atoms with Gasteiger partial charge in [0, 0.05) is 12.2 Å². The summed E-state index contributed by atoms with van der Waals surface area (Å²) in [5.41, 5.74) is 0.0922. The van der Waals surface area contributed by atoms with Gasteiger partial charge in [-0.05, 0) is 31.5 Å². The Morgan fingerprint density at radius 3 is 2.72 bits per heavy atom. The van der Waals surface area contributed by atoms with Crippen LogP contribution in [0.3, 0.4) is 0 Å². The van der Waals surface area contributed by atoms with E-state index in [9.17, 15) is 9.59 Å². The number of carbonyl (C=O) groups is 2. The Morgan fingerprint density at radius 1 is 1.39 bits per heavy atom. The van der Waals surface area contributed by atoms with Crippen LogP contribution >= 0.6 is 0 Å². The van der Waals surface area contributed by atoms with E-state index in [-0.39, 0.29) is 17.0 Å². The highest BCUT2D eigenvalue weighted by Gasteiger charge is 2.31. The first-order valence-corrected chi connectivity index (χ1v) is 5.74. The number of amides is 1. The van der Waals surface area contributed by atoms with Gasteiger partial charge in [0.15, 0.2) is 0 Å². The molecule has 1 saturated heterocycles. The zero-order valence-corrected chi connectivity index (χ0v) is 10.1. The lowest BCUT2D eigenvalue weighted by Gasteiger charge is -2.23. The van der Waals surface area contributed by atoms with Crippen molar-refractivity contribution < 1.29 is 19.4 Å². The molecule has 1 aromatic carbocycles. The van der Waals surface area contributed by atoms with E-state index in [4.69, 9.17) is 9.84 Å². The van der Waals surface area contributed by atoms with Gasteiger partial charge in [0.2, 0.25) is 0 Å². The van der Waals surface area contributed by atoms with E-state index in [2.05, 4.69) is 5.32 Å². The molecule has 0 bridgehead atoms. The van der Waals surface area contributed by atoms with Gasteiger partial charge in [0.25, 0.3) is 5.91 Å². The van der Waals surface area contributed by atoms with Gasteiger partial charge in [0.1, 0.15) is 0 Å². The Balaban J connectivity index is 2.13. The van der Waals surface area contributed by atoms with Crippen LogP contribution in [0, 0.1) is 0 Å². The number of rotatable bonds is 3. The lowest BCUT2D eigenvalue weighted by molar-refractivity contribution is 0.0697. The number of ether oxygens (including phenoxy) is 1. The van der Waals surface area contributed by atoms with Crippen LogP contribution in [-0.2, 0) is 4.74 Å². The van der Waals surface area contributed by atoms with Crippen molar-refractivity contribution in [2.24, 2.45) is 0 Å². The molecule has 1 atom stereocenters. The third-order valence-corrected chi connectivity index (χ3v) is 3.01. The number of carboxylic acids is 1. The number of hydrogen-bond acceptors (Lipinski definition) is 3. The summed E-state index contributed by atoms with van der Waals surface area (Å²) in [6.07, 6.45) is 0.761. The predicted octanol–water partition coefficient (Wildman–Crippen LogP) is 1.29. The molecule has 0 unspecified atom stereocenters. The van der Waals surface area contributed by atoms with E-state index in [0.29, 0.717) is 18.8 Å². The van der Waals surface area contributed by atoms with Crippen molar-refractivity contribution in [2.75, 3.05) is 13.2 Å². The lowest BCUT2D eigenvalue weighted by Crippen LogP contribution is -2.46. The molecule has 96 valence electrons. The average molecular weight is 249 g/mol. The number of aromatic carboxylic acids is 1. The fraction of sp³-hybridized carbons (Fsp3) is 0.385. The van der Waals surface area contributed by atoms with Gasteiger partial charge in [-0.2, -0.15) is 0 Å². The first-order valence-electron chi connectivity index (χ1n) is 5.74. The third-order valence-electron chi connectivity index (χ3n) is 3.01. The second-order valence-electron chi connectivity index (χ2n) is 4.70. The number of carbonyl (C=O) groups excluding carboxylic acids is 1. The van der Waals surface area contributed by atoms with E-state index in [1.54, 1.807) is 12.1 Å². The summed E-state index contributed by atoms with van der Waals surface area (Å²) in [7, 11) is 0. The summed E-state index contributed by atoms with van der Waals surface area (Å²) in [5.74, 6) is -1.31. The first-order chi connectivity index (χ1) is 8.50. The molecular weight excluding hydrogens is 234 g/mol. The van der Waals surface area contributed by atoms with Crippen molar-refractivity contribution in [1.29, 1.82) is 0 Å². The van der Waals surface area contributed by atoms with Gasteiger partial charge in [-0.1, -0.05) is 6.07 Å². The Morgan fingerprint density at radius 2 is 2.11 bits per heavy atom. The number of hydrogen-bond donors (Lipinski definition) is 2. The second kappa shape index (κ2) is 4.78. The monoisotopic (exact) mass is 249 g/mol. The van der Waals surface area contributed by atoms with Crippen LogP contribution in [-0.4, -0.2) is 35.7 Å². The molecule has 1 amide bonds. The topological polar surface area (TPSA) is 75.6 Å². The van der Waals surface area contributed by atoms with Crippen molar-refractivity contribution in [2.45, 2.75) is 18.9 Å². The van der Waals surface area contributed by atoms with Gasteiger partial charge in [0.05, 0.1) is 17.7 Å². The minimum atomic E-state index is -1.04. The molecule has 5 heteroatoms. The molecule has 1 aliphatic heterocycles. The van der Waals surface area contributed by atoms with Gasteiger partial charge >= 0.3 is 5.97 Å². The predicted molar refractivity (Wildman–Crippen MR) is 64.7 cm³/mol. The molecular formula is C13H15NO4. The minimum Gasteiger partial charge on any atom is -0.478 e. The molecule has 2 N–H and O–H groups in total. The molecule has 1 aliphatic rings. The highest BCUT2D eigenvalue weighted by Crippen LogP contribution is 2.18. The standard InChI is InChI=1S/C13H15NO4/c1-13(5-6-18-8-13)14-11(15)9-3-2-4-10(7-9)12(16)17/h2-4,7H,5-6,8H2,1H3,(H,14,15)(H,16,17)/t13-/m1/s1. The zero-order chi connectivity index (χ0) is 13.2. The van der Waals surface area contributed by atoms with E-state index >= 15 is 0 Å². The highest BCUT2D eigenvalue weighted by molar-refractivity contribution is 5.97. The van der Waals surface area contributed by atoms with Crippen molar-refractivity contribution in [3.05, 3.63) is 35.4 Å². The molecule has 0 aromatic heterocycles. The average Bonchev–Trinajstić information content (AvgIpc) is 2.76. The van der Waals surface area contributed by atoms with Crippen molar-refractivity contribution in [3.63, 3.8) is 0 Å². The molecule has 5 nitrogen and oxygen atoms in total. The fourth-order valence-corrected chi connectivity index (χ4v) is 1.91. The van der Waals surface area contributed by atoms with E-state index in [1.165, 1.54) is 12.1 Å². The number of carboxylic acid groups (broad SMARTS) is 1. The van der Waals surface area contributed by atoms with E-state index in [0.717, 1.165) is 6.42 Å². The van der Waals surface area contributed by atoms with E-state index in [1.807, 2.05) is 6.92 Å². The second-order valence-corrected chi connectivity index (χ2v) is 4.70.